The molecule has 0 amide bonds. The van der Waals surface area contributed by atoms with Crippen LogP contribution in [0.1, 0.15) is 17.1 Å². The summed E-state index contributed by atoms with van der Waals surface area (Å²) in [6, 6.07) is 16.1. The average Bonchev–Trinajstić information content (AvgIpc) is 3.16. The molecule has 0 spiro atoms. The van der Waals surface area contributed by atoms with Crippen molar-refractivity contribution in [3.05, 3.63) is 81.7 Å². The van der Waals surface area contributed by atoms with Gasteiger partial charge in [-0.3, -0.25) is 0 Å². The van der Waals surface area contributed by atoms with E-state index in [-0.39, 0.29) is 21.5 Å². The molecule has 3 rings (SSSR count). The highest BCUT2D eigenvalue weighted by Gasteiger charge is 2.17. The van der Waals surface area contributed by atoms with Crippen molar-refractivity contribution in [3.8, 4) is 11.8 Å². The summed E-state index contributed by atoms with van der Waals surface area (Å²) in [6.07, 6.45) is 1.21. The summed E-state index contributed by atoms with van der Waals surface area (Å²) >= 11 is 11.7. The lowest BCUT2D eigenvalue weighted by Crippen LogP contribution is -2.18. The molecule has 7 nitrogen and oxygen atoms in total. The first kappa shape index (κ1) is 20.7. The molecular weight excluding hydrogens is 437 g/mol. The van der Waals surface area contributed by atoms with E-state index in [9.17, 15) is 8.42 Å². The molecule has 1 heterocycles. The number of sulfonamides is 1. The summed E-state index contributed by atoms with van der Waals surface area (Å²) in [6.45, 7) is 0.156. The first-order valence-corrected chi connectivity index (χ1v) is 10.3. The normalized spacial score (nSPS) is 11.3. The van der Waals surface area contributed by atoms with Crippen molar-refractivity contribution >= 4 is 39.4 Å². The molecule has 0 aliphatic rings. The number of nitrogens with one attached hydrogen (secondary N) is 1. The summed E-state index contributed by atoms with van der Waals surface area (Å²) in [5, 5.41) is 12.7. The quantitative estimate of drug-likeness (QED) is 0.426. The summed E-state index contributed by atoms with van der Waals surface area (Å²) in [4.78, 5) is 1.87. The fraction of sp³-hybridized carbons (Fsp3) is 0.0526. The molecule has 0 aliphatic heterocycles. The van der Waals surface area contributed by atoms with E-state index in [1.807, 2.05) is 6.07 Å². The Bertz CT molecular complexity index is 1180. The number of rotatable bonds is 7. The van der Waals surface area contributed by atoms with Gasteiger partial charge in [0.15, 0.2) is 0 Å². The topological polar surface area (TPSA) is 105 Å². The van der Waals surface area contributed by atoms with Gasteiger partial charge in [-0.15, -0.1) is 0 Å². The van der Waals surface area contributed by atoms with Gasteiger partial charge in [0.2, 0.25) is 0 Å². The summed E-state index contributed by atoms with van der Waals surface area (Å²) in [5.41, 5.74) is 0.537. The summed E-state index contributed by atoms with van der Waals surface area (Å²) < 4.78 is 35.6. The Kier molecular flexibility index (Phi) is 6.44. The number of furan rings is 1. The smallest absolute Gasteiger partial charge is 0.278 e. The number of ether oxygens (including phenoxy) is 1. The van der Waals surface area contributed by atoms with Crippen molar-refractivity contribution in [3.63, 3.8) is 0 Å². The zero-order chi connectivity index (χ0) is 20.9. The van der Waals surface area contributed by atoms with Crippen LogP contribution in [-0.2, 0) is 16.6 Å². The van der Waals surface area contributed by atoms with E-state index in [0.29, 0.717) is 22.8 Å². The van der Waals surface area contributed by atoms with Gasteiger partial charge in [-0.2, -0.15) is 23.6 Å². The van der Waals surface area contributed by atoms with Crippen LogP contribution in [0.15, 0.2) is 69.0 Å². The Labute approximate surface area is 177 Å². The second-order valence-electron chi connectivity index (χ2n) is 5.66. The minimum absolute atomic E-state index is 0.0253. The van der Waals surface area contributed by atoms with E-state index in [1.54, 1.807) is 36.4 Å². The lowest BCUT2D eigenvalue weighted by atomic mass is 10.2. The van der Waals surface area contributed by atoms with Crippen LogP contribution in [0.25, 0.3) is 0 Å². The van der Waals surface area contributed by atoms with Gasteiger partial charge in [-0.25, -0.2) is 0 Å². The van der Waals surface area contributed by atoms with Gasteiger partial charge in [0.1, 0.15) is 28.8 Å². The average molecular weight is 450 g/mol. The highest BCUT2D eigenvalue weighted by molar-refractivity contribution is 7.89. The second-order valence-corrected chi connectivity index (χ2v) is 8.13. The Morgan fingerprint density at radius 1 is 1.14 bits per heavy atom. The van der Waals surface area contributed by atoms with Gasteiger partial charge in [-0.05, 0) is 54.6 Å². The summed E-state index contributed by atoms with van der Waals surface area (Å²) in [5.74, 6) is 1.42. The van der Waals surface area contributed by atoms with E-state index < -0.39 is 10.0 Å². The van der Waals surface area contributed by atoms with Gasteiger partial charge in [0.25, 0.3) is 10.0 Å². The molecule has 1 N–H and O–H groups in total. The number of hydrazone groups is 1. The maximum Gasteiger partial charge on any atom is 0.278 e. The minimum Gasteiger partial charge on any atom is -0.486 e. The van der Waals surface area contributed by atoms with E-state index in [2.05, 4.69) is 9.93 Å². The Balaban J connectivity index is 1.60. The fourth-order valence-corrected chi connectivity index (χ4v) is 3.77. The van der Waals surface area contributed by atoms with Gasteiger partial charge >= 0.3 is 0 Å². The lowest BCUT2D eigenvalue weighted by molar-refractivity contribution is 0.270. The van der Waals surface area contributed by atoms with Crippen molar-refractivity contribution in [2.24, 2.45) is 5.10 Å². The van der Waals surface area contributed by atoms with Crippen LogP contribution in [0.3, 0.4) is 0 Å². The molecule has 0 radical (unpaired) electrons. The molecule has 1 aromatic heterocycles. The Hall–Kier alpha value is -2.99. The number of nitrogens with zero attached hydrogens (tertiary/aromatic N) is 2. The lowest BCUT2D eigenvalue weighted by Gasteiger charge is -2.05. The van der Waals surface area contributed by atoms with Gasteiger partial charge < -0.3 is 9.15 Å². The third-order valence-electron chi connectivity index (χ3n) is 3.59. The minimum atomic E-state index is -3.98. The van der Waals surface area contributed by atoms with Gasteiger partial charge in [-0.1, -0.05) is 23.2 Å². The van der Waals surface area contributed by atoms with E-state index in [0.717, 1.165) is 0 Å². The first-order chi connectivity index (χ1) is 13.9. The fourth-order valence-electron chi connectivity index (χ4n) is 2.21. The van der Waals surface area contributed by atoms with E-state index >= 15 is 0 Å². The predicted octanol–water partition coefficient (Wildman–Crippen LogP) is 4.35. The van der Waals surface area contributed by atoms with E-state index in [1.165, 1.54) is 24.4 Å². The van der Waals surface area contributed by atoms with Crippen molar-refractivity contribution in [1.82, 2.24) is 4.83 Å². The first-order valence-electron chi connectivity index (χ1n) is 8.09. The largest absolute Gasteiger partial charge is 0.486 e. The molecule has 10 heteroatoms. The van der Waals surface area contributed by atoms with Crippen molar-refractivity contribution in [2.45, 2.75) is 11.5 Å². The molecular formula is C19H13Cl2N3O4S. The maximum absolute atomic E-state index is 12.3. The van der Waals surface area contributed by atoms with Gasteiger partial charge in [0.05, 0.1) is 22.9 Å². The number of halogens is 2. The van der Waals surface area contributed by atoms with Crippen LogP contribution in [0, 0.1) is 11.3 Å². The van der Waals surface area contributed by atoms with Crippen molar-refractivity contribution < 1.29 is 17.6 Å². The Morgan fingerprint density at radius 3 is 2.62 bits per heavy atom. The van der Waals surface area contributed by atoms with Crippen LogP contribution >= 0.6 is 23.2 Å². The van der Waals surface area contributed by atoms with E-state index in [4.69, 9.17) is 37.6 Å². The molecule has 0 fully saturated rings. The molecule has 0 bridgehead atoms. The van der Waals surface area contributed by atoms with Crippen molar-refractivity contribution in [1.29, 1.82) is 5.26 Å². The van der Waals surface area contributed by atoms with Crippen LogP contribution in [0.2, 0.25) is 10.0 Å². The third-order valence-corrected chi connectivity index (χ3v) is 5.53. The van der Waals surface area contributed by atoms with Gasteiger partial charge in [0, 0.05) is 5.02 Å². The standard InChI is InChI=1S/C19H13Cl2N3O4S/c20-14-3-8-18(21)19(9-14)29(25,26)24-23-11-16-6-7-17(28-16)12-27-15-4-1-13(10-22)2-5-15/h1-9,11,24H,12H2/b23-11-. The number of benzene rings is 2. The molecule has 29 heavy (non-hydrogen) atoms. The Morgan fingerprint density at radius 2 is 1.90 bits per heavy atom. The molecule has 0 aliphatic carbocycles. The predicted molar refractivity (Wildman–Crippen MR) is 109 cm³/mol. The number of hydrogen-bond acceptors (Lipinski definition) is 6. The molecule has 148 valence electrons. The highest BCUT2D eigenvalue weighted by atomic mass is 35.5. The zero-order valence-corrected chi connectivity index (χ0v) is 17.0. The molecule has 0 atom stereocenters. The van der Waals surface area contributed by atoms with Crippen molar-refractivity contribution in [2.75, 3.05) is 0 Å². The third kappa shape index (κ3) is 5.51. The molecule has 0 saturated heterocycles. The second kappa shape index (κ2) is 9.01. The molecule has 3 aromatic rings. The van der Waals surface area contributed by atoms with Crippen LogP contribution < -0.4 is 9.57 Å². The number of nitriles is 1. The highest BCUT2D eigenvalue weighted by Crippen LogP contribution is 2.24. The maximum atomic E-state index is 12.3. The number of hydrogen-bond donors (Lipinski definition) is 1. The molecule has 0 saturated carbocycles. The zero-order valence-electron chi connectivity index (χ0n) is 14.7. The van der Waals surface area contributed by atoms with Crippen LogP contribution in [0.5, 0.6) is 5.75 Å². The monoisotopic (exact) mass is 449 g/mol. The van der Waals surface area contributed by atoms with Crippen LogP contribution in [0.4, 0.5) is 0 Å². The molecule has 2 aromatic carbocycles. The SMILES string of the molecule is N#Cc1ccc(OCc2ccc(/C=N\NS(=O)(=O)c3cc(Cl)ccc3Cl)o2)cc1. The summed E-state index contributed by atoms with van der Waals surface area (Å²) in [7, 11) is -3.98. The van der Waals surface area contributed by atoms with Crippen LogP contribution in [-0.4, -0.2) is 14.6 Å². The molecule has 0 unspecified atom stereocenters.